The zero-order valence-corrected chi connectivity index (χ0v) is 18.4. The second-order valence-corrected chi connectivity index (χ2v) is 7.00. The van der Waals surface area contributed by atoms with E-state index in [9.17, 15) is 9.59 Å². The summed E-state index contributed by atoms with van der Waals surface area (Å²) in [5.74, 6) is 0.773. The molecule has 1 heterocycles. The molecule has 0 bridgehead atoms. The van der Waals surface area contributed by atoms with Crippen molar-refractivity contribution in [3.05, 3.63) is 87.3 Å². The zero-order valence-electron chi connectivity index (χ0n) is 18.4. The minimum absolute atomic E-state index is 0.00203. The topological polar surface area (TPSA) is 91.2 Å². The molecule has 1 aromatic heterocycles. The molecule has 0 atom stereocenters. The molecule has 0 aliphatic heterocycles. The maximum absolute atomic E-state index is 12.8. The average molecular weight is 435 g/mol. The Hall–Kier alpha value is -4.07. The molecular weight excluding hydrogens is 410 g/mol. The van der Waals surface area contributed by atoms with Crippen LogP contribution in [-0.4, -0.2) is 38.0 Å². The normalized spacial score (nSPS) is 10.8. The number of nitrogens with one attached hydrogen (secondary N) is 1. The lowest BCUT2D eigenvalue weighted by Crippen LogP contribution is -2.30. The van der Waals surface area contributed by atoms with Crippen LogP contribution in [0, 0.1) is 6.92 Å². The molecule has 0 radical (unpaired) electrons. The van der Waals surface area contributed by atoms with Crippen molar-refractivity contribution in [3.63, 3.8) is 0 Å². The first-order valence-corrected chi connectivity index (χ1v) is 9.85. The molecular formula is C24H25N3O5. The summed E-state index contributed by atoms with van der Waals surface area (Å²) in [5, 5.41) is 3.97. The fraction of sp³-hybridized carbons (Fsp3) is 0.208. The van der Waals surface area contributed by atoms with Gasteiger partial charge in [0.15, 0.2) is 11.5 Å². The fourth-order valence-electron chi connectivity index (χ4n) is 3.24. The summed E-state index contributed by atoms with van der Waals surface area (Å²) in [7, 11) is 4.54. The lowest BCUT2D eigenvalue weighted by atomic mass is 10.1. The molecule has 8 nitrogen and oxygen atoms in total. The minimum Gasteiger partial charge on any atom is -0.493 e. The Morgan fingerprint density at radius 2 is 1.75 bits per heavy atom. The van der Waals surface area contributed by atoms with Crippen molar-refractivity contribution in [2.75, 3.05) is 21.3 Å². The van der Waals surface area contributed by atoms with Gasteiger partial charge in [-0.2, -0.15) is 5.10 Å². The number of aromatic nitrogens is 1. The third-order valence-corrected chi connectivity index (χ3v) is 4.77. The number of carbonyl (C=O) groups excluding carboxylic acids is 1. The number of benzene rings is 2. The van der Waals surface area contributed by atoms with Crippen molar-refractivity contribution in [1.29, 1.82) is 0 Å². The number of hydrogen-bond donors (Lipinski definition) is 1. The molecule has 1 amide bonds. The van der Waals surface area contributed by atoms with Crippen molar-refractivity contribution in [2.45, 2.75) is 13.5 Å². The van der Waals surface area contributed by atoms with E-state index in [0.29, 0.717) is 29.4 Å². The number of methoxy groups -OCH3 is 3. The van der Waals surface area contributed by atoms with E-state index in [-0.39, 0.29) is 5.56 Å². The molecule has 0 aliphatic carbocycles. The minimum atomic E-state index is -0.600. The molecule has 8 heteroatoms. The van der Waals surface area contributed by atoms with Crippen LogP contribution in [0.2, 0.25) is 0 Å². The van der Waals surface area contributed by atoms with Crippen molar-refractivity contribution < 1.29 is 19.0 Å². The van der Waals surface area contributed by atoms with Crippen LogP contribution in [0.4, 0.5) is 0 Å². The van der Waals surface area contributed by atoms with Gasteiger partial charge in [-0.1, -0.05) is 29.8 Å². The summed E-state index contributed by atoms with van der Waals surface area (Å²) in [5.41, 5.74) is 4.70. The van der Waals surface area contributed by atoms with Gasteiger partial charge in [-0.25, -0.2) is 5.43 Å². The van der Waals surface area contributed by atoms with Crippen molar-refractivity contribution in [2.24, 2.45) is 5.10 Å². The second kappa shape index (κ2) is 10.3. The summed E-state index contributed by atoms with van der Waals surface area (Å²) >= 11 is 0. The molecule has 32 heavy (non-hydrogen) atoms. The van der Waals surface area contributed by atoms with Crippen molar-refractivity contribution in [3.8, 4) is 17.2 Å². The largest absolute Gasteiger partial charge is 0.493 e. The summed E-state index contributed by atoms with van der Waals surface area (Å²) < 4.78 is 17.4. The predicted octanol–water partition coefficient (Wildman–Crippen LogP) is 2.99. The Bertz CT molecular complexity index is 1180. The first-order valence-electron chi connectivity index (χ1n) is 9.85. The lowest BCUT2D eigenvalue weighted by molar-refractivity contribution is 0.0953. The Morgan fingerprint density at radius 1 is 1.03 bits per heavy atom. The molecule has 0 saturated carbocycles. The van der Waals surface area contributed by atoms with Gasteiger partial charge >= 0.3 is 0 Å². The van der Waals surface area contributed by atoms with E-state index in [2.05, 4.69) is 10.5 Å². The summed E-state index contributed by atoms with van der Waals surface area (Å²) in [6, 6.07) is 14.4. The van der Waals surface area contributed by atoms with Crippen LogP contribution in [0.15, 0.2) is 64.6 Å². The van der Waals surface area contributed by atoms with Gasteiger partial charge in [0.2, 0.25) is 5.75 Å². The van der Waals surface area contributed by atoms with Gasteiger partial charge in [0, 0.05) is 11.8 Å². The van der Waals surface area contributed by atoms with Crippen molar-refractivity contribution in [1.82, 2.24) is 9.99 Å². The highest BCUT2D eigenvalue weighted by atomic mass is 16.5. The SMILES string of the molecule is COc1cc(/C=N\NC(=O)c2cccn(Cc3cccc(C)c3)c2=O)cc(OC)c1OC. The van der Waals surface area contributed by atoms with Crippen LogP contribution in [0.5, 0.6) is 17.2 Å². The molecule has 2 aromatic carbocycles. The number of amides is 1. The summed E-state index contributed by atoms with van der Waals surface area (Å²) in [6.07, 6.45) is 3.08. The zero-order chi connectivity index (χ0) is 23.1. The molecule has 0 unspecified atom stereocenters. The molecule has 0 spiro atoms. The van der Waals surface area contributed by atoms with Crippen LogP contribution >= 0.6 is 0 Å². The van der Waals surface area contributed by atoms with E-state index in [0.717, 1.165) is 11.1 Å². The highest BCUT2D eigenvalue weighted by Gasteiger charge is 2.14. The number of hydrogen-bond acceptors (Lipinski definition) is 6. The van der Waals surface area contributed by atoms with Crippen LogP contribution in [0.25, 0.3) is 0 Å². The number of carbonyl (C=O) groups is 1. The van der Waals surface area contributed by atoms with E-state index in [1.165, 1.54) is 38.2 Å². The number of pyridine rings is 1. The molecule has 1 N–H and O–H groups in total. The Balaban J connectivity index is 1.77. The van der Waals surface area contributed by atoms with Gasteiger partial charge in [-0.3, -0.25) is 9.59 Å². The number of aryl methyl sites for hydroxylation is 1. The average Bonchev–Trinajstić information content (AvgIpc) is 2.79. The van der Waals surface area contributed by atoms with E-state index >= 15 is 0 Å². The molecule has 3 aromatic rings. The summed E-state index contributed by atoms with van der Waals surface area (Å²) in [4.78, 5) is 25.3. The highest BCUT2D eigenvalue weighted by Crippen LogP contribution is 2.37. The number of ether oxygens (including phenoxy) is 3. The maximum atomic E-state index is 12.8. The number of nitrogens with zero attached hydrogens (tertiary/aromatic N) is 2. The van der Waals surface area contributed by atoms with E-state index < -0.39 is 11.5 Å². The van der Waals surface area contributed by atoms with Gasteiger partial charge in [-0.05, 0) is 36.8 Å². The van der Waals surface area contributed by atoms with E-state index in [1.807, 2.05) is 31.2 Å². The molecule has 3 rings (SSSR count). The van der Waals surface area contributed by atoms with Gasteiger partial charge in [0.1, 0.15) is 5.56 Å². The standard InChI is InChI=1S/C24H25N3O5/c1-16-7-5-8-17(11-16)15-27-10-6-9-19(24(27)29)23(28)26-25-14-18-12-20(30-2)22(32-4)21(13-18)31-3/h5-14H,15H2,1-4H3,(H,26,28)/b25-14-. The Labute approximate surface area is 186 Å². The Morgan fingerprint density at radius 3 is 2.38 bits per heavy atom. The van der Waals surface area contributed by atoms with Gasteiger partial charge in [0.05, 0.1) is 34.1 Å². The van der Waals surface area contributed by atoms with Crippen LogP contribution in [-0.2, 0) is 6.54 Å². The second-order valence-electron chi connectivity index (χ2n) is 7.00. The molecule has 0 saturated heterocycles. The molecule has 0 fully saturated rings. The smallest absolute Gasteiger partial charge is 0.276 e. The van der Waals surface area contributed by atoms with Crippen LogP contribution in [0.3, 0.4) is 0 Å². The van der Waals surface area contributed by atoms with Gasteiger partial charge in [0.25, 0.3) is 11.5 Å². The van der Waals surface area contributed by atoms with Gasteiger partial charge in [-0.15, -0.1) is 0 Å². The first kappa shape index (κ1) is 22.6. The number of hydrazone groups is 1. The third kappa shape index (κ3) is 5.15. The maximum Gasteiger partial charge on any atom is 0.276 e. The number of rotatable bonds is 8. The van der Waals surface area contributed by atoms with Crippen molar-refractivity contribution >= 4 is 12.1 Å². The van der Waals surface area contributed by atoms with Crippen LogP contribution < -0.4 is 25.2 Å². The fourth-order valence-corrected chi connectivity index (χ4v) is 3.24. The third-order valence-electron chi connectivity index (χ3n) is 4.77. The molecule has 166 valence electrons. The van der Waals surface area contributed by atoms with Crippen LogP contribution in [0.1, 0.15) is 27.0 Å². The quantitative estimate of drug-likeness (QED) is 0.434. The van der Waals surface area contributed by atoms with E-state index in [4.69, 9.17) is 14.2 Å². The Kier molecular flexibility index (Phi) is 7.28. The predicted molar refractivity (Wildman–Crippen MR) is 122 cm³/mol. The monoisotopic (exact) mass is 435 g/mol. The van der Waals surface area contributed by atoms with E-state index in [1.54, 1.807) is 24.4 Å². The summed E-state index contributed by atoms with van der Waals surface area (Å²) in [6.45, 7) is 2.36. The lowest BCUT2D eigenvalue weighted by Gasteiger charge is -2.12. The van der Waals surface area contributed by atoms with Gasteiger partial charge < -0.3 is 18.8 Å². The highest BCUT2D eigenvalue weighted by molar-refractivity contribution is 5.94. The first-order chi connectivity index (χ1) is 15.5. The molecule has 0 aliphatic rings.